The fourth-order valence-electron chi connectivity index (χ4n) is 6.31. The average molecular weight is 249 g/mol. The number of carbonyl (C=O) groups excluding carboxylic acids is 2. The van der Waals surface area contributed by atoms with E-state index in [9.17, 15) is 9.59 Å². The maximum absolute atomic E-state index is 11.8. The van der Waals surface area contributed by atoms with Crippen LogP contribution in [0.3, 0.4) is 0 Å². The number of primary amides is 1. The smallest absolute Gasteiger partial charge is 0.284 e. The van der Waals surface area contributed by atoms with Crippen LogP contribution in [0.1, 0.15) is 58.8 Å². The summed E-state index contributed by atoms with van der Waals surface area (Å²) in [6.45, 7) is 4.75. The summed E-state index contributed by atoms with van der Waals surface area (Å²) < 4.78 is 0. The van der Waals surface area contributed by atoms with Crippen molar-refractivity contribution in [2.45, 2.75) is 58.8 Å². The van der Waals surface area contributed by atoms with E-state index in [0.717, 1.165) is 25.2 Å². The average Bonchev–Trinajstić information content (AvgIpc) is 2.09. The lowest BCUT2D eigenvalue weighted by atomic mass is 9.39. The quantitative estimate of drug-likeness (QED) is 0.781. The molecule has 4 aliphatic rings. The van der Waals surface area contributed by atoms with E-state index in [4.69, 9.17) is 5.73 Å². The van der Waals surface area contributed by atoms with Crippen LogP contribution in [0.4, 0.5) is 0 Å². The van der Waals surface area contributed by atoms with Gasteiger partial charge in [0, 0.05) is 6.42 Å². The maximum Gasteiger partial charge on any atom is 0.284 e. The number of hydrogen-bond acceptors (Lipinski definition) is 2. The van der Waals surface area contributed by atoms with Crippen LogP contribution in [0.5, 0.6) is 0 Å². The molecule has 0 aromatic heterocycles. The summed E-state index contributed by atoms with van der Waals surface area (Å²) in [5.41, 5.74) is 6.01. The zero-order chi connectivity index (χ0) is 13.2. The van der Waals surface area contributed by atoms with Crippen LogP contribution < -0.4 is 5.73 Å². The van der Waals surface area contributed by atoms with E-state index >= 15 is 0 Å². The Balaban J connectivity index is 1.89. The van der Waals surface area contributed by atoms with Crippen molar-refractivity contribution in [2.75, 3.05) is 0 Å². The molecule has 4 saturated carbocycles. The summed E-state index contributed by atoms with van der Waals surface area (Å²) in [4.78, 5) is 22.8. The minimum Gasteiger partial charge on any atom is -0.363 e. The van der Waals surface area contributed by atoms with Gasteiger partial charge in [0.25, 0.3) is 5.91 Å². The molecule has 4 rings (SSSR count). The Bertz CT molecular complexity index is 410. The molecule has 3 heteroatoms. The van der Waals surface area contributed by atoms with Crippen LogP contribution in [0.25, 0.3) is 0 Å². The third kappa shape index (κ3) is 1.79. The van der Waals surface area contributed by atoms with E-state index in [0.29, 0.717) is 17.3 Å². The van der Waals surface area contributed by atoms with Crippen LogP contribution >= 0.6 is 0 Å². The van der Waals surface area contributed by atoms with Crippen molar-refractivity contribution in [2.24, 2.45) is 27.9 Å². The van der Waals surface area contributed by atoms with E-state index in [2.05, 4.69) is 13.8 Å². The minimum atomic E-state index is -0.749. The van der Waals surface area contributed by atoms with Gasteiger partial charge in [0.15, 0.2) is 0 Å². The molecule has 0 radical (unpaired) electrons. The molecule has 4 fully saturated rings. The third-order valence-corrected chi connectivity index (χ3v) is 5.55. The van der Waals surface area contributed by atoms with Crippen LogP contribution in [0.15, 0.2) is 0 Å². The molecule has 0 aromatic rings. The van der Waals surface area contributed by atoms with Crippen molar-refractivity contribution < 1.29 is 9.59 Å². The van der Waals surface area contributed by atoms with E-state index in [1.54, 1.807) is 0 Å². The summed E-state index contributed by atoms with van der Waals surface area (Å²) in [5, 5.41) is 0. The zero-order valence-corrected chi connectivity index (χ0v) is 11.4. The highest BCUT2D eigenvalue weighted by molar-refractivity contribution is 6.35. The van der Waals surface area contributed by atoms with Crippen molar-refractivity contribution in [1.29, 1.82) is 0 Å². The molecule has 4 aliphatic carbocycles. The van der Waals surface area contributed by atoms with E-state index in [-0.39, 0.29) is 11.2 Å². The van der Waals surface area contributed by atoms with Gasteiger partial charge >= 0.3 is 0 Å². The van der Waals surface area contributed by atoms with Crippen LogP contribution in [-0.4, -0.2) is 11.7 Å². The van der Waals surface area contributed by atoms with E-state index < -0.39 is 5.91 Å². The van der Waals surface area contributed by atoms with Crippen molar-refractivity contribution in [1.82, 2.24) is 0 Å². The SMILES string of the molecule is C[C@]12CC3CC(CC(=O)C(N)=O)(C1)C[C@@](C)(C3)C2. The molecule has 0 aromatic carbocycles. The maximum atomic E-state index is 11.8. The van der Waals surface area contributed by atoms with E-state index in [1.807, 2.05) is 0 Å². The molecule has 4 bridgehead atoms. The minimum absolute atomic E-state index is 0.0784. The molecule has 1 amide bonds. The molecule has 2 N–H and O–H groups in total. The zero-order valence-electron chi connectivity index (χ0n) is 11.4. The van der Waals surface area contributed by atoms with Gasteiger partial charge < -0.3 is 5.73 Å². The molecule has 0 spiro atoms. The third-order valence-electron chi connectivity index (χ3n) is 5.55. The van der Waals surface area contributed by atoms with Gasteiger partial charge in [-0.05, 0) is 60.7 Å². The normalized spacial score (nSPS) is 49.3. The molecule has 2 unspecified atom stereocenters. The van der Waals surface area contributed by atoms with Gasteiger partial charge in [-0.15, -0.1) is 0 Å². The Labute approximate surface area is 108 Å². The molecule has 4 atom stereocenters. The molecule has 100 valence electrons. The molecule has 0 heterocycles. The Kier molecular flexibility index (Phi) is 2.28. The second kappa shape index (κ2) is 3.37. The first-order valence-electron chi connectivity index (χ1n) is 7.06. The molecule has 0 saturated heterocycles. The monoisotopic (exact) mass is 249 g/mol. The standard InChI is InChI=1S/C15H23NO2/c1-13-3-10-4-14(2,7-13)9-15(5-10,8-13)6-11(17)12(16)18/h10H,3-9H2,1-2H3,(H2,16,18)/t10?,13-,14+,15?. The number of Topliss-reactive ketones (excluding diaryl/α,β-unsaturated/α-hetero) is 1. The Morgan fingerprint density at radius 3 is 2.06 bits per heavy atom. The van der Waals surface area contributed by atoms with Crippen molar-refractivity contribution >= 4 is 11.7 Å². The summed E-state index contributed by atoms with van der Waals surface area (Å²) in [6.07, 6.45) is 7.69. The molecular formula is C15H23NO2. The van der Waals surface area contributed by atoms with Crippen LogP contribution in [-0.2, 0) is 9.59 Å². The highest BCUT2D eigenvalue weighted by atomic mass is 16.2. The lowest BCUT2D eigenvalue weighted by molar-refractivity contribution is -0.158. The molecular weight excluding hydrogens is 226 g/mol. The number of hydrogen-bond donors (Lipinski definition) is 1. The van der Waals surface area contributed by atoms with Gasteiger partial charge in [-0.1, -0.05) is 13.8 Å². The largest absolute Gasteiger partial charge is 0.363 e. The van der Waals surface area contributed by atoms with Crippen molar-refractivity contribution in [3.05, 3.63) is 0 Å². The van der Waals surface area contributed by atoms with Gasteiger partial charge in [-0.2, -0.15) is 0 Å². The van der Waals surface area contributed by atoms with Crippen LogP contribution in [0.2, 0.25) is 0 Å². The predicted molar refractivity (Wildman–Crippen MR) is 68.7 cm³/mol. The fraction of sp³-hybridized carbons (Fsp3) is 0.867. The number of nitrogens with two attached hydrogens (primary N) is 1. The van der Waals surface area contributed by atoms with Crippen molar-refractivity contribution in [3.63, 3.8) is 0 Å². The second-order valence-corrected chi connectivity index (χ2v) is 8.09. The first-order chi connectivity index (χ1) is 8.23. The second-order valence-electron chi connectivity index (χ2n) is 8.09. The summed E-state index contributed by atoms with van der Waals surface area (Å²) >= 11 is 0. The number of rotatable bonds is 3. The van der Waals surface area contributed by atoms with Gasteiger partial charge in [0.2, 0.25) is 5.78 Å². The van der Waals surface area contributed by atoms with Gasteiger partial charge in [-0.3, -0.25) is 9.59 Å². The Hall–Kier alpha value is -0.860. The number of amides is 1. The molecule has 18 heavy (non-hydrogen) atoms. The highest BCUT2D eigenvalue weighted by Crippen LogP contribution is 2.70. The van der Waals surface area contributed by atoms with Gasteiger partial charge in [0.1, 0.15) is 0 Å². The Morgan fingerprint density at radius 1 is 1.06 bits per heavy atom. The summed E-state index contributed by atoms with van der Waals surface area (Å²) in [5.74, 6) is -0.345. The number of carbonyl (C=O) groups is 2. The molecule has 3 nitrogen and oxygen atoms in total. The topological polar surface area (TPSA) is 60.2 Å². The van der Waals surface area contributed by atoms with Crippen molar-refractivity contribution in [3.8, 4) is 0 Å². The first-order valence-corrected chi connectivity index (χ1v) is 7.06. The lowest BCUT2D eigenvalue weighted by Gasteiger charge is -2.65. The summed E-state index contributed by atoms with van der Waals surface area (Å²) in [6, 6.07) is 0. The Morgan fingerprint density at radius 2 is 1.61 bits per heavy atom. The van der Waals surface area contributed by atoms with E-state index in [1.165, 1.54) is 19.3 Å². The number of ketones is 1. The summed E-state index contributed by atoms with van der Waals surface area (Å²) in [7, 11) is 0. The fourth-order valence-corrected chi connectivity index (χ4v) is 6.31. The predicted octanol–water partition coefficient (Wildman–Crippen LogP) is 2.43. The highest BCUT2D eigenvalue weighted by Gasteiger charge is 2.60. The van der Waals surface area contributed by atoms with Gasteiger partial charge in [0.05, 0.1) is 0 Å². The van der Waals surface area contributed by atoms with Gasteiger partial charge in [-0.25, -0.2) is 0 Å². The molecule has 0 aliphatic heterocycles. The first kappa shape index (κ1) is 12.2. The lowest BCUT2D eigenvalue weighted by Crippen LogP contribution is -2.55. The van der Waals surface area contributed by atoms with Crippen LogP contribution in [0, 0.1) is 22.2 Å².